The van der Waals surface area contributed by atoms with Gasteiger partial charge in [0.05, 0.1) is 25.8 Å². The molecule has 0 saturated carbocycles. The highest BCUT2D eigenvalue weighted by molar-refractivity contribution is 6.01. The Morgan fingerprint density at radius 1 is 0.926 bits per heavy atom. The second-order valence-electron chi connectivity index (χ2n) is 6.26. The van der Waals surface area contributed by atoms with Gasteiger partial charge in [0.15, 0.2) is 0 Å². The highest BCUT2D eigenvalue weighted by atomic mass is 16.5. The lowest BCUT2D eigenvalue weighted by molar-refractivity contribution is 0.0924. The number of hydrogen-bond donors (Lipinski definition) is 1. The van der Waals surface area contributed by atoms with Crippen molar-refractivity contribution in [1.82, 2.24) is 5.32 Å². The molecular weight excluding hydrogens is 342 g/mol. The van der Waals surface area contributed by atoms with E-state index in [1.807, 2.05) is 67.6 Å². The van der Waals surface area contributed by atoms with Crippen LogP contribution < -0.4 is 19.5 Å². The van der Waals surface area contributed by atoms with Crippen molar-refractivity contribution in [2.24, 2.45) is 0 Å². The van der Waals surface area contributed by atoms with Crippen molar-refractivity contribution in [2.75, 3.05) is 20.8 Å². The smallest absolute Gasteiger partial charge is 0.255 e. The van der Waals surface area contributed by atoms with E-state index in [0.29, 0.717) is 17.9 Å². The molecule has 0 fully saturated rings. The Balaban J connectivity index is 1.66. The molecule has 0 aromatic heterocycles. The topological polar surface area (TPSA) is 56.8 Å². The Morgan fingerprint density at radius 3 is 2.19 bits per heavy atom. The normalized spacial score (nSPS) is 11.7. The van der Waals surface area contributed by atoms with Crippen LogP contribution in [-0.4, -0.2) is 32.8 Å². The van der Waals surface area contributed by atoms with Crippen LogP contribution in [0.4, 0.5) is 0 Å². The SMILES string of the molecule is COc1ccc(OC[C@@H](C)NC(=O)c2cc3ccccc3cc2OC)cc1. The van der Waals surface area contributed by atoms with Gasteiger partial charge in [-0.3, -0.25) is 4.79 Å². The zero-order valence-electron chi connectivity index (χ0n) is 15.7. The number of hydrogen-bond acceptors (Lipinski definition) is 4. The molecule has 3 rings (SSSR count). The molecule has 0 heterocycles. The molecule has 0 unspecified atom stereocenters. The van der Waals surface area contributed by atoms with E-state index in [0.717, 1.165) is 22.3 Å². The van der Waals surface area contributed by atoms with Gasteiger partial charge in [0, 0.05) is 0 Å². The molecule has 1 N–H and O–H groups in total. The number of carbonyl (C=O) groups is 1. The number of fused-ring (bicyclic) bond motifs is 1. The molecular formula is C22H23NO4. The summed E-state index contributed by atoms with van der Waals surface area (Å²) in [7, 11) is 3.19. The minimum atomic E-state index is -0.191. The quantitative estimate of drug-likeness (QED) is 0.686. The Hall–Kier alpha value is -3.21. The number of nitrogens with one attached hydrogen (secondary N) is 1. The average Bonchev–Trinajstić information content (AvgIpc) is 2.71. The number of benzene rings is 3. The maximum Gasteiger partial charge on any atom is 0.255 e. The van der Waals surface area contributed by atoms with Gasteiger partial charge in [-0.05, 0) is 54.1 Å². The van der Waals surface area contributed by atoms with E-state index in [1.165, 1.54) is 0 Å². The number of amides is 1. The van der Waals surface area contributed by atoms with E-state index in [4.69, 9.17) is 14.2 Å². The minimum Gasteiger partial charge on any atom is -0.497 e. The van der Waals surface area contributed by atoms with E-state index in [1.54, 1.807) is 14.2 Å². The summed E-state index contributed by atoms with van der Waals surface area (Å²) in [6.07, 6.45) is 0. The van der Waals surface area contributed by atoms with E-state index >= 15 is 0 Å². The molecule has 1 amide bonds. The van der Waals surface area contributed by atoms with Crippen molar-refractivity contribution in [1.29, 1.82) is 0 Å². The van der Waals surface area contributed by atoms with E-state index in [2.05, 4.69) is 5.32 Å². The van der Waals surface area contributed by atoms with Crippen molar-refractivity contribution in [3.05, 3.63) is 66.2 Å². The first-order valence-corrected chi connectivity index (χ1v) is 8.75. The molecule has 0 bridgehead atoms. The van der Waals surface area contributed by atoms with Crippen LogP contribution in [0.3, 0.4) is 0 Å². The fourth-order valence-corrected chi connectivity index (χ4v) is 2.80. The molecule has 0 saturated heterocycles. The third-order valence-corrected chi connectivity index (χ3v) is 4.25. The largest absolute Gasteiger partial charge is 0.497 e. The van der Waals surface area contributed by atoms with Gasteiger partial charge in [-0.15, -0.1) is 0 Å². The molecule has 0 aliphatic carbocycles. The van der Waals surface area contributed by atoms with Crippen molar-refractivity contribution in [3.8, 4) is 17.2 Å². The number of rotatable bonds is 7. The molecule has 1 atom stereocenters. The van der Waals surface area contributed by atoms with Crippen LogP contribution in [0.25, 0.3) is 10.8 Å². The third-order valence-electron chi connectivity index (χ3n) is 4.25. The van der Waals surface area contributed by atoms with Gasteiger partial charge < -0.3 is 19.5 Å². The lowest BCUT2D eigenvalue weighted by atomic mass is 10.1. The van der Waals surface area contributed by atoms with E-state index in [9.17, 15) is 4.79 Å². The Morgan fingerprint density at radius 2 is 1.56 bits per heavy atom. The first-order valence-electron chi connectivity index (χ1n) is 8.75. The van der Waals surface area contributed by atoms with Gasteiger partial charge in [-0.25, -0.2) is 0 Å². The minimum absolute atomic E-state index is 0.171. The highest BCUT2D eigenvalue weighted by Gasteiger charge is 2.16. The average molecular weight is 365 g/mol. The standard InChI is InChI=1S/C22H23NO4/c1-15(14-27-19-10-8-18(25-2)9-11-19)23-22(24)20-12-16-6-4-5-7-17(16)13-21(20)26-3/h4-13,15H,14H2,1-3H3,(H,23,24)/t15-/m1/s1. The molecule has 0 aliphatic rings. The van der Waals surface area contributed by atoms with Crippen molar-refractivity contribution < 1.29 is 19.0 Å². The Labute approximate surface area is 158 Å². The van der Waals surface area contributed by atoms with Gasteiger partial charge in [-0.2, -0.15) is 0 Å². The summed E-state index contributed by atoms with van der Waals surface area (Å²) in [5.41, 5.74) is 0.507. The second kappa shape index (κ2) is 8.45. The molecule has 140 valence electrons. The Kier molecular flexibility index (Phi) is 5.81. The van der Waals surface area contributed by atoms with Crippen LogP contribution in [0.1, 0.15) is 17.3 Å². The molecule has 5 nitrogen and oxygen atoms in total. The maximum atomic E-state index is 12.7. The zero-order chi connectivity index (χ0) is 19.2. The fourth-order valence-electron chi connectivity index (χ4n) is 2.80. The predicted molar refractivity (Wildman–Crippen MR) is 106 cm³/mol. The fraction of sp³-hybridized carbons (Fsp3) is 0.227. The number of ether oxygens (including phenoxy) is 3. The monoisotopic (exact) mass is 365 g/mol. The predicted octanol–water partition coefficient (Wildman–Crippen LogP) is 4.05. The molecule has 0 aliphatic heterocycles. The van der Waals surface area contributed by atoms with Gasteiger partial charge in [0.25, 0.3) is 5.91 Å². The van der Waals surface area contributed by atoms with Crippen LogP contribution in [0.2, 0.25) is 0 Å². The van der Waals surface area contributed by atoms with Crippen LogP contribution in [-0.2, 0) is 0 Å². The molecule has 3 aromatic rings. The summed E-state index contributed by atoms with van der Waals surface area (Å²) < 4.78 is 16.3. The molecule has 27 heavy (non-hydrogen) atoms. The van der Waals surface area contributed by atoms with Gasteiger partial charge >= 0.3 is 0 Å². The van der Waals surface area contributed by atoms with Gasteiger partial charge in [0.2, 0.25) is 0 Å². The first kappa shape index (κ1) is 18.6. The molecule has 3 aromatic carbocycles. The van der Waals surface area contributed by atoms with Crippen molar-refractivity contribution in [2.45, 2.75) is 13.0 Å². The maximum absolute atomic E-state index is 12.7. The van der Waals surface area contributed by atoms with Crippen LogP contribution in [0.15, 0.2) is 60.7 Å². The number of carbonyl (C=O) groups excluding carboxylic acids is 1. The molecule has 5 heteroatoms. The van der Waals surface area contributed by atoms with Crippen LogP contribution >= 0.6 is 0 Å². The van der Waals surface area contributed by atoms with E-state index < -0.39 is 0 Å². The summed E-state index contributed by atoms with van der Waals surface area (Å²) in [6.45, 7) is 2.25. The molecule has 0 radical (unpaired) electrons. The molecule has 0 spiro atoms. The van der Waals surface area contributed by atoms with E-state index in [-0.39, 0.29) is 11.9 Å². The summed E-state index contributed by atoms with van der Waals surface area (Å²) in [5, 5.41) is 4.98. The first-order chi connectivity index (χ1) is 13.1. The van der Waals surface area contributed by atoms with Crippen LogP contribution in [0, 0.1) is 0 Å². The van der Waals surface area contributed by atoms with Crippen molar-refractivity contribution in [3.63, 3.8) is 0 Å². The lowest BCUT2D eigenvalue weighted by Crippen LogP contribution is -2.37. The summed E-state index contributed by atoms with van der Waals surface area (Å²) in [5.74, 6) is 1.85. The van der Waals surface area contributed by atoms with Gasteiger partial charge in [-0.1, -0.05) is 24.3 Å². The number of methoxy groups -OCH3 is 2. The van der Waals surface area contributed by atoms with Crippen molar-refractivity contribution >= 4 is 16.7 Å². The lowest BCUT2D eigenvalue weighted by Gasteiger charge is -2.17. The highest BCUT2D eigenvalue weighted by Crippen LogP contribution is 2.26. The summed E-state index contributed by atoms with van der Waals surface area (Å²) >= 11 is 0. The second-order valence-corrected chi connectivity index (χ2v) is 6.26. The van der Waals surface area contributed by atoms with Crippen LogP contribution in [0.5, 0.6) is 17.2 Å². The zero-order valence-corrected chi connectivity index (χ0v) is 15.7. The van der Waals surface area contributed by atoms with Gasteiger partial charge in [0.1, 0.15) is 23.9 Å². The summed E-state index contributed by atoms with van der Waals surface area (Å²) in [6, 6.07) is 18.8. The third kappa shape index (κ3) is 4.50. The Bertz CT molecular complexity index is 921. The summed E-state index contributed by atoms with van der Waals surface area (Å²) in [4.78, 5) is 12.7.